The minimum Gasteiger partial charge on any atom is -0.496 e. The maximum atomic E-state index is 12.2. The van der Waals surface area contributed by atoms with Crippen LogP contribution >= 0.6 is 34.9 Å². The quantitative estimate of drug-likeness (QED) is 0.572. The summed E-state index contributed by atoms with van der Waals surface area (Å²) in [7, 11) is 1.57. The summed E-state index contributed by atoms with van der Waals surface area (Å²) in [4.78, 5) is 12.2. The average Bonchev–Trinajstić information content (AvgIpc) is 2.93. The van der Waals surface area contributed by atoms with Crippen molar-refractivity contribution in [1.29, 1.82) is 0 Å². The zero-order chi connectivity index (χ0) is 14.4. The summed E-state index contributed by atoms with van der Waals surface area (Å²) in [6.45, 7) is 2.07. The monoisotopic (exact) mass is 326 g/mol. The van der Waals surface area contributed by atoms with E-state index in [1.165, 1.54) is 23.1 Å². The second-order valence-corrected chi connectivity index (χ2v) is 7.39. The molecule has 0 N–H and O–H groups in total. The van der Waals surface area contributed by atoms with Gasteiger partial charge in [-0.1, -0.05) is 53.9 Å². The van der Waals surface area contributed by atoms with Crippen LogP contribution in [0, 0.1) is 0 Å². The van der Waals surface area contributed by atoms with Crippen molar-refractivity contribution in [2.24, 2.45) is 0 Å². The Morgan fingerprint density at radius 1 is 1.25 bits per heavy atom. The highest BCUT2D eigenvalue weighted by molar-refractivity contribution is 8.03. The zero-order valence-electron chi connectivity index (χ0n) is 11.2. The van der Waals surface area contributed by atoms with E-state index >= 15 is 0 Å². The molecular formula is C13H14N2O2S3. The molecule has 0 bridgehead atoms. The van der Waals surface area contributed by atoms with Gasteiger partial charge in [0.2, 0.25) is 0 Å². The summed E-state index contributed by atoms with van der Waals surface area (Å²) in [6, 6.07) is 7.25. The molecule has 4 nitrogen and oxygen atoms in total. The fourth-order valence-electron chi connectivity index (χ4n) is 1.52. The molecule has 1 heterocycles. The maximum absolute atomic E-state index is 12.2. The van der Waals surface area contributed by atoms with Gasteiger partial charge in [-0.15, -0.1) is 10.2 Å². The minimum absolute atomic E-state index is 0.0346. The van der Waals surface area contributed by atoms with Gasteiger partial charge in [0.1, 0.15) is 5.75 Å². The first kappa shape index (κ1) is 15.3. The average molecular weight is 326 g/mol. The molecule has 0 saturated heterocycles. The Hall–Kier alpha value is -1.05. The van der Waals surface area contributed by atoms with Crippen molar-refractivity contribution in [3.05, 3.63) is 29.8 Å². The first-order valence-corrected chi connectivity index (χ1v) is 8.78. The van der Waals surface area contributed by atoms with E-state index in [9.17, 15) is 4.79 Å². The number of ether oxygens (including phenoxy) is 1. The number of methoxy groups -OCH3 is 1. The van der Waals surface area contributed by atoms with Gasteiger partial charge in [-0.2, -0.15) is 0 Å². The summed E-state index contributed by atoms with van der Waals surface area (Å²) in [5.74, 6) is 1.95. The Bertz CT molecular complexity index is 587. The Morgan fingerprint density at radius 3 is 2.65 bits per heavy atom. The highest BCUT2D eigenvalue weighted by atomic mass is 32.2. The number of rotatable bonds is 7. The summed E-state index contributed by atoms with van der Waals surface area (Å²) in [5, 5.41) is 8.14. The Morgan fingerprint density at radius 2 is 1.95 bits per heavy atom. The van der Waals surface area contributed by atoms with E-state index in [0.717, 1.165) is 14.4 Å². The summed E-state index contributed by atoms with van der Waals surface area (Å²) < 4.78 is 6.96. The predicted octanol–water partition coefficient (Wildman–Crippen LogP) is 3.63. The number of Topliss-reactive ketones (excluding diaryl/α,β-unsaturated/α-hetero) is 1. The molecule has 0 aliphatic carbocycles. The van der Waals surface area contributed by atoms with Crippen molar-refractivity contribution in [2.75, 3.05) is 18.6 Å². The van der Waals surface area contributed by atoms with Crippen molar-refractivity contribution in [1.82, 2.24) is 10.2 Å². The molecule has 0 fully saturated rings. The number of nitrogens with zero attached hydrogens (tertiary/aromatic N) is 2. The van der Waals surface area contributed by atoms with Crippen molar-refractivity contribution in [3.63, 3.8) is 0 Å². The molecule has 106 valence electrons. The second kappa shape index (κ2) is 7.66. The van der Waals surface area contributed by atoms with Gasteiger partial charge in [0.25, 0.3) is 0 Å². The molecule has 7 heteroatoms. The lowest BCUT2D eigenvalue weighted by molar-refractivity contribution is 0.101. The van der Waals surface area contributed by atoms with Crippen LogP contribution in [0.15, 0.2) is 32.9 Å². The number of hydrogen-bond donors (Lipinski definition) is 0. The van der Waals surface area contributed by atoms with Crippen molar-refractivity contribution in [2.45, 2.75) is 15.6 Å². The first-order chi connectivity index (χ1) is 9.74. The Labute approximate surface area is 130 Å². The number of aromatic nitrogens is 2. The fourth-order valence-corrected chi connectivity index (χ4v) is 4.32. The van der Waals surface area contributed by atoms with E-state index in [4.69, 9.17) is 4.74 Å². The van der Waals surface area contributed by atoms with Crippen LogP contribution in [-0.2, 0) is 0 Å². The molecule has 0 aliphatic heterocycles. The lowest BCUT2D eigenvalue weighted by Crippen LogP contribution is -2.04. The largest absolute Gasteiger partial charge is 0.496 e. The smallest absolute Gasteiger partial charge is 0.176 e. The number of para-hydroxylation sites is 1. The molecule has 1 aromatic carbocycles. The van der Waals surface area contributed by atoms with Gasteiger partial charge in [0.05, 0.1) is 18.4 Å². The molecule has 0 saturated carbocycles. The highest BCUT2D eigenvalue weighted by Gasteiger charge is 2.13. The normalized spacial score (nSPS) is 10.5. The number of carbonyl (C=O) groups excluding carboxylic acids is 1. The molecule has 1 aromatic heterocycles. The second-order valence-electron chi connectivity index (χ2n) is 3.68. The summed E-state index contributed by atoms with van der Waals surface area (Å²) in [5.41, 5.74) is 0.607. The van der Waals surface area contributed by atoms with Gasteiger partial charge in [0, 0.05) is 0 Å². The van der Waals surface area contributed by atoms with Crippen LogP contribution < -0.4 is 4.74 Å². The van der Waals surface area contributed by atoms with Gasteiger partial charge in [-0.25, -0.2) is 0 Å². The van der Waals surface area contributed by atoms with Crippen LogP contribution in [0.2, 0.25) is 0 Å². The number of ketones is 1. The molecule has 0 unspecified atom stereocenters. The van der Waals surface area contributed by atoms with Gasteiger partial charge >= 0.3 is 0 Å². The van der Waals surface area contributed by atoms with Crippen LogP contribution in [0.25, 0.3) is 0 Å². The number of thioether (sulfide) groups is 2. The molecule has 2 aromatic rings. The van der Waals surface area contributed by atoms with Gasteiger partial charge in [0.15, 0.2) is 14.5 Å². The predicted molar refractivity (Wildman–Crippen MR) is 84.4 cm³/mol. The van der Waals surface area contributed by atoms with Crippen molar-refractivity contribution < 1.29 is 9.53 Å². The van der Waals surface area contributed by atoms with E-state index in [0.29, 0.717) is 17.1 Å². The molecule has 2 rings (SSSR count). The molecule has 0 atom stereocenters. The van der Waals surface area contributed by atoms with E-state index < -0.39 is 0 Å². The van der Waals surface area contributed by atoms with E-state index in [1.807, 2.05) is 12.1 Å². The number of benzene rings is 1. The Kier molecular flexibility index (Phi) is 5.87. The Balaban J connectivity index is 1.97. The van der Waals surface area contributed by atoms with Crippen LogP contribution in [-0.4, -0.2) is 34.6 Å². The van der Waals surface area contributed by atoms with Crippen molar-refractivity contribution in [3.8, 4) is 5.75 Å². The molecule has 0 aliphatic rings. The van der Waals surface area contributed by atoms with Crippen LogP contribution in [0.1, 0.15) is 17.3 Å². The van der Waals surface area contributed by atoms with Gasteiger partial charge < -0.3 is 4.74 Å². The first-order valence-electron chi connectivity index (χ1n) is 6.00. The SMILES string of the molecule is CCSc1nnc(SCC(=O)c2ccccc2OC)s1. The summed E-state index contributed by atoms with van der Waals surface area (Å²) >= 11 is 4.60. The number of carbonyl (C=O) groups is 1. The summed E-state index contributed by atoms with van der Waals surface area (Å²) in [6.07, 6.45) is 0. The van der Waals surface area contributed by atoms with Gasteiger partial charge in [-0.3, -0.25) is 4.79 Å². The van der Waals surface area contributed by atoms with Crippen molar-refractivity contribution >= 4 is 40.6 Å². The van der Waals surface area contributed by atoms with E-state index in [-0.39, 0.29) is 5.78 Å². The third kappa shape index (κ3) is 3.97. The minimum atomic E-state index is 0.0346. The van der Waals surface area contributed by atoms with Crippen LogP contribution in [0.3, 0.4) is 0 Å². The molecule has 20 heavy (non-hydrogen) atoms. The van der Waals surface area contributed by atoms with Crippen LogP contribution in [0.4, 0.5) is 0 Å². The third-order valence-electron chi connectivity index (χ3n) is 2.39. The molecule has 0 amide bonds. The highest BCUT2D eigenvalue weighted by Crippen LogP contribution is 2.29. The fraction of sp³-hybridized carbons (Fsp3) is 0.308. The zero-order valence-corrected chi connectivity index (χ0v) is 13.6. The number of hydrogen-bond acceptors (Lipinski definition) is 7. The maximum Gasteiger partial charge on any atom is 0.176 e. The molecular weight excluding hydrogens is 312 g/mol. The standard InChI is InChI=1S/C13H14N2O2S3/c1-3-18-12-14-15-13(20-12)19-8-10(16)9-6-4-5-7-11(9)17-2/h4-7H,3,8H2,1-2H3. The van der Waals surface area contributed by atoms with E-state index in [2.05, 4.69) is 17.1 Å². The molecule has 0 spiro atoms. The lowest BCUT2D eigenvalue weighted by Gasteiger charge is -2.05. The van der Waals surface area contributed by atoms with Gasteiger partial charge in [-0.05, 0) is 17.9 Å². The molecule has 0 radical (unpaired) electrons. The third-order valence-corrected chi connectivity index (χ3v) is 5.46. The van der Waals surface area contributed by atoms with E-state index in [1.54, 1.807) is 31.0 Å². The topological polar surface area (TPSA) is 52.1 Å². The lowest BCUT2D eigenvalue weighted by atomic mass is 10.1. The van der Waals surface area contributed by atoms with Crippen LogP contribution in [0.5, 0.6) is 5.75 Å².